The van der Waals surface area contributed by atoms with Crippen LogP contribution >= 0.6 is 0 Å². The van der Waals surface area contributed by atoms with Crippen molar-refractivity contribution in [3.8, 4) is 5.75 Å². The van der Waals surface area contributed by atoms with Gasteiger partial charge in [0.15, 0.2) is 0 Å². The van der Waals surface area contributed by atoms with Crippen molar-refractivity contribution >= 4 is 28.3 Å². The van der Waals surface area contributed by atoms with Gasteiger partial charge in [-0.3, -0.25) is 9.20 Å². The summed E-state index contributed by atoms with van der Waals surface area (Å²) in [5.74, 6) is 0.332. The zero-order valence-electron chi connectivity index (χ0n) is 18.1. The lowest BCUT2D eigenvalue weighted by Crippen LogP contribution is -2.37. The fraction of sp³-hybridized carbons (Fsp3) is 0.292. The fourth-order valence-corrected chi connectivity index (χ4v) is 4.72. The lowest BCUT2D eigenvalue weighted by atomic mass is 10.0. The number of alkyl halides is 3. The summed E-state index contributed by atoms with van der Waals surface area (Å²) in [6.45, 7) is 1.96. The monoisotopic (exact) mass is 467 g/mol. The molecule has 1 atom stereocenters. The highest BCUT2D eigenvalue weighted by Gasteiger charge is 2.43. The number of carbonyl (C=O) groups is 1. The maximum atomic E-state index is 13.7. The van der Waals surface area contributed by atoms with E-state index in [1.54, 1.807) is 29.4 Å². The lowest BCUT2D eigenvalue weighted by Gasteiger charge is -2.28. The zero-order valence-corrected chi connectivity index (χ0v) is 18.1. The molecule has 2 N–H and O–H groups in total. The molecule has 1 aliphatic carbocycles. The van der Waals surface area contributed by atoms with Crippen LogP contribution in [0.1, 0.15) is 46.1 Å². The average molecular weight is 467 g/mol. The van der Waals surface area contributed by atoms with Crippen LogP contribution in [-0.4, -0.2) is 37.8 Å². The summed E-state index contributed by atoms with van der Waals surface area (Å²) < 4.78 is 46.8. The summed E-state index contributed by atoms with van der Waals surface area (Å²) in [7, 11) is 0. The van der Waals surface area contributed by atoms with Crippen LogP contribution in [0.5, 0.6) is 5.75 Å². The predicted molar refractivity (Wildman–Crippen MR) is 119 cm³/mol. The second-order valence-corrected chi connectivity index (χ2v) is 8.77. The number of nitrogen functional groups attached to an aromatic ring is 1. The number of anilines is 1. The first kappa shape index (κ1) is 20.8. The van der Waals surface area contributed by atoms with Gasteiger partial charge in [-0.05, 0) is 50.1 Å². The highest BCUT2D eigenvalue weighted by molar-refractivity contribution is 5.99. The van der Waals surface area contributed by atoms with E-state index in [0.29, 0.717) is 33.5 Å². The molecule has 34 heavy (non-hydrogen) atoms. The van der Waals surface area contributed by atoms with Crippen LogP contribution in [0.25, 0.3) is 16.6 Å². The van der Waals surface area contributed by atoms with Crippen LogP contribution in [0.2, 0.25) is 0 Å². The Bertz CT molecular complexity index is 1480. The molecule has 10 heteroatoms. The molecule has 1 fully saturated rings. The van der Waals surface area contributed by atoms with Crippen molar-refractivity contribution < 1.29 is 22.7 Å². The van der Waals surface area contributed by atoms with E-state index in [2.05, 4.69) is 9.97 Å². The van der Waals surface area contributed by atoms with Crippen LogP contribution < -0.4 is 10.5 Å². The van der Waals surface area contributed by atoms with Crippen molar-refractivity contribution in [3.05, 3.63) is 65.1 Å². The Hall–Kier alpha value is -3.82. The van der Waals surface area contributed by atoms with Crippen molar-refractivity contribution in [2.24, 2.45) is 0 Å². The van der Waals surface area contributed by atoms with Gasteiger partial charge in [0.25, 0.3) is 5.91 Å². The number of aromatic nitrogens is 3. The highest BCUT2D eigenvalue weighted by atomic mass is 19.4. The lowest BCUT2D eigenvalue weighted by molar-refractivity contribution is -0.137. The molecule has 0 bridgehead atoms. The van der Waals surface area contributed by atoms with Crippen molar-refractivity contribution in [1.82, 2.24) is 19.3 Å². The Morgan fingerprint density at radius 1 is 1.21 bits per heavy atom. The van der Waals surface area contributed by atoms with Gasteiger partial charge in [0, 0.05) is 17.2 Å². The SMILES string of the molecule is Cc1ncn2c1c(N)nc1ccc(C(=O)N(C3CC3)[C@@H]3COc4cc(C(F)(F)F)ccc43)cc12. The van der Waals surface area contributed by atoms with Gasteiger partial charge in [-0.1, -0.05) is 6.07 Å². The Labute approximate surface area is 192 Å². The third-order valence-electron chi connectivity index (χ3n) is 6.52. The third-order valence-corrected chi connectivity index (χ3v) is 6.52. The molecule has 3 heterocycles. The first-order valence-corrected chi connectivity index (χ1v) is 10.9. The predicted octanol–water partition coefficient (Wildman–Crippen LogP) is 4.53. The van der Waals surface area contributed by atoms with Crippen LogP contribution in [0.15, 0.2) is 42.7 Å². The second kappa shape index (κ2) is 7.09. The number of rotatable bonds is 3. The topological polar surface area (TPSA) is 85.8 Å². The van der Waals surface area contributed by atoms with Crippen molar-refractivity contribution in [3.63, 3.8) is 0 Å². The number of nitrogens with two attached hydrogens (primary N) is 1. The minimum atomic E-state index is -4.46. The molecule has 0 unspecified atom stereocenters. The zero-order chi connectivity index (χ0) is 23.8. The van der Waals surface area contributed by atoms with E-state index in [1.165, 1.54) is 6.07 Å². The molecule has 2 aromatic heterocycles. The first-order chi connectivity index (χ1) is 16.2. The van der Waals surface area contributed by atoms with Gasteiger partial charge in [-0.15, -0.1) is 0 Å². The van der Waals surface area contributed by atoms with Crippen LogP contribution in [-0.2, 0) is 6.18 Å². The Morgan fingerprint density at radius 3 is 2.74 bits per heavy atom. The number of nitrogens with zero attached hydrogens (tertiary/aromatic N) is 4. The number of benzene rings is 2. The number of ether oxygens (including phenoxy) is 1. The summed E-state index contributed by atoms with van der Waals surface area (Å²) in [6, 6.07) is 8.24. The third kappa shape index (κ3) is 3.16. The molecule has 174 valence electrons. The minimum absolute atomic E-state index is 0.0186. The minimum Gasteiger partial charge on any atom is -0.491 e. The molecule has 2 aromatic carbocycles. The standard InChI is InChI=1S/C24H20F3N5O2/c1-12-21-22(28)30-17-7-2-13(8-18(17)31(21)11-29-12)23(33)32(15-4-5-15)19-10-34-20-9-14(24(25,26)27)3-6-16(19)20/h2-3,6-9,11,15,19H,4-5,10H2,1H3,(H2,28,30)/t19-/m1/s1. The molecule has 4 aromatic rings. The number of halogens is 3. The summed E-state index contributed by atoms with van der Waals surface area (Å²) in [5.41, 5.74) is 9.14. The number of hydrogen-bond donors (Lipinski definition) is 1. The van der Waals surface area contributed by atoms with Crippen LogP contribution in [0.3, 0.4) is 0 Å². The van der Waals surface area contributed by atoms with Crippen LogP contribution in [0, 0.1) is 6.92 Å². The largest absolute Gasteiger partial charge is 0.491 e. The molecule has 0 spiro atoms. The second-order valence-electron chi connectivity index (χ2n) is 8.77. The number of fused-ring (bicyclic) bond motifs is 4. The molecule has 0 saturated heterocycles. The smallest absolute Gasteiger partial charge is 0.416 e. The van der Waals surface area contributed by atoms with E-state index in [1.807, 2.05) is 11.3 Å². The highest BCUT2D eigenvalue weighted by Crippen LogP contribution is 2.44. The molecule has 7 nitrogen and oxygen atoms in total. The average Bonchev–Trinajstić information content (AvgIpc) is 3.42. The van der Waals surface area contributed by atoms with E-state index >= 15 is 0 Å². The Morgan fingerprint density at radius 2 is 2.00 bits per heavy atom. The number of imidazole rings is 1. The Balaban J connectivity index is 1.40. The van der Waals surface area contributed by atoms with E-state index in [9.17, 15) is 18.0 Å². The summed E-state index contributed by atoms with van der Waals surface area (Å²) in [4.78, 5) is 24.2. The van der Waals surface area contributed by atoms with E-state index in [0.717, 1.165) is 30.7 Å². The molecule has 0 radical (unpaired) electrons. The Kier molecular flexibility index (Phi) is 4.33. The number of amides is 1. The summed E-state index contributed by atoms with van der Waals surface area (Å²) in [5, 5.41) is 0. The maximum Gasteiger partial charge on any atom is 0.416 e. The molecular weight excluding hydrogens is 447 g/mol. The quantitative estimate of drug-likeness (QED) is 0.479. The molecule has 2 aliphatic rings. The summed E-state index contributed by atoms with van der Waals surface area (Å²) >= 11 is 0. The van der Waals surface area contributed by atoms with Gasteiger partial charge in [0.1, 0.15) is 30.0 Å². The van der Waals surface area contributed by atoms with Crippen molar-refractivity contribution in [2.75, 3.05) is 12.3 Å². The molecular formula is C24H20F3N5O2. The number of aryl methyl sites for hydroxylation is 1. The first-order valence-electron chi connectivity index (χ1n) is 10.9. The van der Waals surface area contributed by atoms with Crippen molar-refractivity contribution in [2.45, 2.75) is 38.0 Å². The van der Waals surface area contributed by atoms with Crippen molar-refractivity contribution in [1.29, 1.82) is 0 Å². The van der Waals surface area contributed by atoms with Gasteiger partial charge >= 0.3 is 6.18 Å². The van der Waals surface area contributed by atoms with Gasteiger partial charge in [-0.25, -0.2) is 9.97 Å². The van der Waals surface area contributed by atoms with Crippen LogP contribution in [0.4, 0.5) is 19.0 Å². The molecule has 1 amide bonds. The molecule has 1 aliphatic heterocycles. The molecule has 1 saturated carbocycles. The van der Waals surface area contributed by atoms with Gasteiger partial charge in [0.05, 0.1) is 28.3 Å². The normalized spacial score (nSPS) is 17.7. The van der Waals surface area contributed by atoms with E-state index in [4.69, 9.17) is 10.5 Å². The number of hydrogen-bond acceptors (Lipinski definition) is 5. The number of carbonyl (C=O) groups excluding carboxylic acids is 1. The maximum absolute atomic E-state index is 13.7. The van der Waals surface area contributed by atoms with Gasteiger partial charge in [-0.2, -0.15) is 13.2 Å². The molecule has 6 rings (SSSR count). The summed E-state index contributed by atoms with van der Waals surface area (Å²) in [6.07, 6.45) is -1.12. The van der Waals surface area contributed by atoms with E-state index < -0.39 is 17.8 Å². The fourth-order valence-electron chi connectivity index (χ4n) is 4.72. The van der Waals surface area contributed by atoms with Gasteiger partial charge < -0.3 is 15.4 Å². The van der Waals surface area contributed by atoms with Gasteiger partial charge in [0.2, 0.25) is 0 Å². The van der Waals surface area contributed by atoms with E-state index in [-0.39, 0.29) is 24.3 Å².